The Kier molecular flexibility index (Phi) is 11.7. The van der Waals surface area contributed by atoms with Gasteiger partial charge in [0.05, 0.1) is 4.90 Å². The van der Waals surface area contributed by atoms with E-state index in [0.29, 0.717) is 17.9 Å². The molecule has 2 amide bonds. The highest BCUT2D eigenvalue weighted by Gasteiger charge is 2.31. The summed E-state index contributed by atoms with van der Waals surface area (Å²) >= 11 is 6.47. The summed E-state index contributed by atoms with van der Waals surface area (Å²) in [5.41, 5.74) is 1.66. The maximum absolute atomic E-state index is 13.8. The lowest BCUT2D eigenvalue weighted by atomic mass is 10.0. The molecule has 0 aliphatic rings. The molecule has 0 spiro atoms. The molecule has 0 saturated heterocycles. The third-order valence-electron chi connectivity index (χ3n) is 6.89. The lowest BCUT2D eigenvalue weighted by Crippen LogP contribution is -2.52. The average Bonchev–Trinajstić information content (AvgIpc) is 2.96. The van der Waals surface area contributed by atoms with Crippen LogP contribution in [0.5, 0.6) is 0 Å². The number of carbonyl (C=O) groups excluding carboxylic acids is 2. The van der Waals surface area contributed by atoms with E-state index in [0.717, 1.165) is 17.5 Å². The Morgan fingerprint density at radius 1 is 0.925 bits per heavy atom. The van der Waals surface area contributed by atoms with E-state index in [1.807, 2.05) is 62.4 Å². The fraction of sp³-hybridized carbons (Fsp3) is 0.355. The van der Waals surface area contributed by atoms with Crippen LogP contribution in [0.1, 0.15) is 44.2 Å². The van der Waals surface area contributed by atoms with Gasteiger partial charge in [-0.15, -0.1) is 0 Å². The van der Waals surface area contributed by atoms with Crippen LogP contribution < -0.4 is 5.32 Å². The second kappa shape index (κ2) is 15.0. The monoisotopic (exact) mass is 583 g/mol. The predicted molar refractivity (Wildman–Crippen MR) is 159 cm³/mol. The summed E-state index contributed by atoms with van der Waals surface area (Å²) in [6.07, 6.45) is 1.46. The van der Waals surface area contributed by atoms with Crippen LogP contribution in [-0.2, 0) is 32.6 Å². The van der Waals surface area contributed by atoms with Gasteiger partial charge in [-0.25, -0.2) is 12.7 Å². The molecule has 40 heavy (non-hydrogen) atoms. The van der Waals surface area contributed by atoms with Crippen LogP contribution in [0.2, 0.25) is 5.02 Å². The van der Waals surface area contributed by atoms with Crippen LogP contribution in [0, 0.1) is 0 Å². The molecule has 0 aromatic heterocycles. The van der Waals surface area contributed by atoms with E-state index in [-0.39, 0.29) is 42.3 Å². The van der Waals surface area contributed by atoms with Gasteiger partial charge in [-0.05, 0) is 49.1 Å². The Balaban J connectivity index is 1.84. The molecule has 0 fully saturated rings. The smallest absolute Gasteiger partial charge is 0.243 e. The lowest BCUT2D eigenvalue weighted by molar-refractivity contribution is -0.141. The van der Waals surface area contributed by atoms with Crippen LogP contribution in [-0.4, -0.2) is 55.1 Å². The van der Waals surface area contributed by atoms with Gasteiger partial charge in [-0.1, -0.05) is 85.3 Å². The first kappa shape index (κ1) is 31.3. The Hall–Kier alpha value is -3.20. The molecule has 0 bridgehead atoms. The summed E-state index contributed by atoms with van der Waals surface area (Å²) in [4.78, 5) is 29.2. The Morgan fingerprint density at radius 2 is 1.52 bits per heavy atom. The molecule has 0 aliphatic carbocycles. The quantitative estimate of drug-likeness (QED) is 0.279. The van der Waals surface area contributed by atoms with Crippen molar-refractivity contribution in [1.29, 1.82) is 0 Å². The van der Waals surface area contributed by atoms with Crippen LogP contribution in [0.4, 0.5) is 0 Å². The highest BCUT2D eigenvalue weighted by molar-refractivity contribution is 7.89. The zero-order valence-corrected chi connectivity index (χ0v) is 24.9. The minimum atomic E-state index is -3.67. The lowest BCUT2D eigenvalue weighted by Gasteiger charge is -2.32. The van der Waals surface area contributed by atoms with Crippen LogP contribution in [0.25, 0.3) is 0 Å². The summed E-state index contributed by atoms with van der Waals surface area (Å²) in [7, 11) is -2.17. The highest BCUT2D eigenvalue weighted by atomic mass is 35.5. The minimum absolute atomic E-state index is 0.0557. The van der Waals surface area contributed by atoms with Gasteiger partial charge in [-0.2, -0.15) is 0 Å². The van der Waals surface area contributed by atoms with Crippen LogP contribution in [0.3, 0.4) is 0 Å². The molecule has 3 rings (SSSR count). The number of benzene rings is 3. The van der Waals surface area contributed by atoms with E-state index in [9.17, 15) is 18.0 Å². The van der Waals surface area contributed by atoms with E-state index >= 15 is 0 Å². The van der Waals surface area contributed by atoms with Gasteiger partial charge in [0.15, 0.2) is 0 Å². The van der Waals surface area contributed by atoms with Gasteiger partial charge >= 0.3 is 0 Å². The fourth-order valence-corrected chi connectivity index (χ4v) is 5.72. The van der Waals surface area contributed by atoms with Crippen molar-refractivity contribution in [1.82, 2.24) is 14.5 Å². The Morgan fingerprint density at radius 3 is 2.15 bits per heavy atom. The van der Waals surface area contributed by atoms with Crippen LogP contribution in [0.15, 0.2) is 89.8 Å². The van der Waals surface area contributed by atoms with E-state index in [1.54, 1.807) is 41.3 Å². The number of halogens is 1. The van der Waals surface area contributed by atoms with Crippen molar-refractivity contribution >= 4 is 33.4 Å². The fourth-order valence-electron chi connectivity index (χ4n) is 4.29. The number of nitrogens with one attached hydrogen (secondary N) is 1. The van der Waals surface area contributed by atoms with Crippen molar-refractivity contribution in [2.24, 2.45) is 0 Å². The largest absolute Gasteiger partial charge is 0.352 e. The summed E-state index contributed by atoms with van der Waals surface area (Å²) < 4.78 is 27.1. The first-order valence-electron chi connectivity index (χ1n) is 13.5. The number of carbonyl (C=O) groups is 2. The normalized spacial score (nSPS) is 13.0. The Labute approximate surface area is 243 Å². The predicted octanol–water partition coefficient (Wildman–Crippen LogP) is 5.30. The van der Waals surface area contributed by atoms with Gasteiger partial charge < -0.3 is 10.2 Å². The molecule has 0 heterocycles. The van der Waals surface area contributed by atoms with Crippen molar-refractivity contribution in [3.8, 4) is 0 Å². The molecule has 9 heteroatoms. The molecule has 0 aliphatic heterocycles. The van der Waals surface area contributed by atoms with E-state index in [4.69, 9.17) is 11.6 Å². The van der Waals surface area contributed by atoms with Crippen molar-refractivity contribution in [3.63, 3.8) is 0 Å². The number of sulfonamides is 1. The molecule has 0 unspecified atom stereocenters. The third kappa shape index (κ3) is 8.65. The zero-order valence-electron chi connectivity index (χ0n) is 23.3. The van der Waals surface area contributed by atoms with Crippen molar-refractivity contribution < 1.29 is 18.0 Å². The molecule has 0 radical (unpaired) electrons. The van der Waals surface area contributed by atoms with Crippen molar-refractivity contribution in [2.75, 3.05) is 13.6 Å². The highest BCUT2D eigenvalue weighted by Crippen LogP contribution is 2.22. The van der Waals surface area contributed by atoms with Gasteiger partial charge in [0.2, 0.25) is 21.8 Å². The summed E-state index contributed by atoms with van der Waals surface area (Å²) in [6.45, 7) is 4.23. The summed E-state index contributed by atoms with van der Waals surface area (Å²) in [6, 6.07) is 24.2. The van der Waals surface area contributed by atoms with E-state index in [2.05, 4.69) is 5.32 Å². The standard InChI is InChI=1S/C31H38ClN3O4S/c1-4-24(2)33-31(37)29(22-25-14-7-5-8-15-25)35(23-26-16-11-12-19-28(26)32)30(36)20-13-21-34(3)40(38,39)27-17-9-6-10-18-27/h5-12,14-19,24,29H,4,13,20-23H2,1-3H3,(H,33,37)/t24-,29-/m1/s1. The molecule has 1 N–H and O–H groups in total. The SMILES string of the molecule is CC[C@@H](C)NC(=O)[C@@H](Cc1ccccc1)N(Cc1ccccc1Cl)C(=O)CCCN(C)S(=O)(=O)c1ccccc1. The summed E-state index contributed by atoms with van der Waals surface area (Å²) in [5, 5.41) is 3.55. The molecular formula is C31H38ClN3O4S. The van der Waals surface area contributed by atoms with Crippen LogP contribution >= 0.6 is 11.6 Å². The van der Waals surface area contributed by atoms with E-state index in [1.165, 1.54) is 11.4 Å². The van der Waals surface area contributed by atoms with Gasteiger partial charge in [-0.3, -0.25) is 9.59 Å². The summed E-state index contributed by atoms with van der Waals surface area (Å²) in [5.74, 6) is -0.479. The average molecular weight is 584 g/mol. The molecule has 0 saturated carbocycles. The first-order chi connectivity index (χ1) is 19.1. The topological polar surface area (TPSA) is 86.8 Å². The first-order valence-corrected chi connectivity index (χ1v) is 15.3. The molecular weight excluding hydrogens is 546 g/mol. The van der Waals surface area contributed by atoms with Crippen molar-refractivity contribution in [3.05, 3.63) is 101 Å². The third-order valence-corrected chi connectivity index (χ3v) is 9.13. The number of nitrogens with zero attached hydrogens (tertiary/aromatic N) is 2. The second-order valence-corrected chi connectivity index (χ2v) is 12.3. The number of rotatable bonds is 14. The maximum Gasteiger partial charge on any atom is 0.243 e. The zero-order chi connectivity index (χ0) is 29.1. The number of hydrogen-bond acceptors (Lipinski definition) is 4. The maximum atomic E-state index is 13.8. The van der Waals surface area contributed by atoms with E-state index < -0.39 is 16.1 Å². The number of hydrogen-bond donors (Lipinski definition) is 1. The van der Waals surface area contributed by atoms with Crippen molar-refractivity contribution in [2.45, 2.75) is 63.1 Å². The minimum Gasteiger partial charge on any atom is -0.352 e. The molecule has 214 valence electrons. The molecule has 3 aromatic rings. The van der Waals surface area contributed by atoms with Gasteiger partial charge in [0, 0.05) is 44.0 Å². The Bertz CT molecular complexity index is 1350. The second-order valence-electron chi connectivity index (χ2n) is 9.88. The van der Waals surface area contributed by atoms with Gasteiger partial charge in [0.25, 0.3) is 0 Å². The number of amides is 2. The molecule has 7 nitrogen and oxygen atoms in total. The molecule has 3 aromatic carbocycles. The van der Waals surface area contributed by atoms with Gasteiger partial charge in [0.1, 0.15) is 6.04 Å². The molecule has 2 atom stereocenters.